The van der Waals surface area contributed by atoms with Crippen LogP contribution in [0.3, 0.4) is 0 Å². The lowest BCUT2D eigenvalue weighted by Gasteiger charge is -2.36. The molecule has 0 bridgehead atoms. The summed E-state index contributed by atoms with van der Waals surface area (Å²) >= 11 is 0. The molecule has 2 saturated heterocycles. The molecule has 2 fully saturated rings. The first-order chi connectivity index (χ1) is 13.3. The molecule has 2 aliphatic rings. The topological polar surface area (TPSA) is 63.0 Å². The average Bonchev–Trinajstić information content (AvgIpc) is 3.29. The summed E-state index contributed by atoms with van der Waals surface area (Å²) in [6.07, 6.45) is -0.102. The third kappa shape index (κ3) is 3.76. The molecule has 0 radical (unpaired) electrons. The van der Waals surface area contributed by atoms with Gasteiger partial charge in [-0.05, 0) is 42.7 Å². The Balaban J connectivity index is 1.51. The van der Waals surface area contributed by atoms with Gasteiger partial charge in [-0.1, -0.05) is 26.0 Å². The summed E-state index contributed by atoms with van der Waals surface area (Å²) in [7, 11) is -3.53. The van der Waals surface area contributed by atoms with Gasteiger partial charge in [0.2, 0.25) is 10.0 Å². The molecule has 0 spiro atoms. The van der Waals surface area contributed by atoms with Crippen LogP contribution >= 0.6 is 0 Å². The van der Waals surface area contributed by atoms with Crippen LogP contribution in [0, 0.1) is 6.92 Å². The summed E-state index contributed by atoms with van der Waals surface area (Å²) in [5.41, 5.74) is 1.14. The van der Waals surface area contributed by atoms with Crippen LogP contribution in [0.15, 0.2) is 45.7 Å². The number of sulfonamides is 1. The Kier molecular flexibility index (Phi) is 5.35. The summed E-state index contributed by atoms with van der Waals surface area (Å²) in [6, 6.07) is 11.2. The van der Waals surface area contributed by atoms with E-state index < -0.39 is 10.0 Å². The van der Waals surface area contributed by atoms with E-state index in [9.17, 15) is 8.42 Å². The maximum Gasteiger partial charge on any atom is 0.243 e. The van der Waals surface area contributed by atoms with Crippen LogP contribution in [0.5, 0.6) is 0 Å². The number of rotatable bonds is 5. The Labute approximate surface area is 167 Å². The highest BCUT2D eigenvalue weighted by Crippen LogP contribution is 2.29. The van der Waals surface area contributed by atoms with Gasteiger partial charge in [-0.3, -0.25) is 4.90 Å². The van der Waals surface area contributed by atoms with E-state index >= 15 is 0 Å². The van der Waals surface area contributed by atoms with Crippen molar-refractivity contribution in [2.75, 3.05) is 26.2 Å². The summed E-state index contributed by atoms with van der Waals surface area (Å²) in [4.78, 5) is 2.63. The Morgan fingerprint density at radius 3 is 2.50 bits per heavy atom. The molecule has 0 amide bonds. The van der Waals surface area contributed by atoms with Gasteiger partial charge >= 0.3 is 0 Å². The smallest absolute Gasteiger partial charge is 0.243 e. The standard InChI is InChI=1S/C21H28N2O4S/c1-15(2)17-5-8-19(9-6-17)28(24,25)23-13-20-21(14-23)26-11-10-22(20)12-18-7-4-16(3)27-18/h4-9,15,20-21H,10-14H2,1-3H3/t20-,21+/m1/s1. The maximum atomic E-state index is 13.2. The van der Waals surface area contributed by atoms with Crippen molar-refractivity contribution in [1.82, 2.24) is 9.21 Å². The zero-order valence-corrected chi connectivity index (χ0v) is 17.5. The third-order valence-electron chi connectivity index (χ3n) is 5.72. The molecular formula is C21H28N2O4S. The molecule has 28 heavy (non-hydrogen) atoms. The van der Waals surface area contributed by atoms with E-state index in [1.54, 1.807) is 16.4 Å². The van der Waals surface area contributed by atoms with E-state index in [-0.39, 0.29) is 12.1 Å². The highest BCUT2D eigenvalue weighted by atomic mass is 32.2. The van der Waals surface area contributed by atoms with Gasteiger partial charge in [0.25, 0.3) is 0 Å². The van der Waals surface area contributed by atoms with Gasteiger partial charge in [-0.15, -0.1) is 0 Å². The van der Waals surface area contributed by atoms with E-state index in [0.29, 0.717) is 37.1 Å². The van der Waals surface area contributed by atoms with Gasteiger partial charge in [-0.2, -0.15) is 4.31 Å². The second kappa shape index (κ2) is 7.63. The van der Waals surface area contributed by atoms with Gasteiger partial charge in [0.1, 0.15) is 11.5 Å². The normalized spacial score (nSPS) is 24.0. The summed E-state index contributed by atoms with van der Waals surface area (Å²) in [6.45, 7) is 9.03. The van der Waals surface area contributed by atoms with E-state index in [2.05, 4.69) is 18.7 Å². The number of benzene rings is 1. The number of ether oxygens (including phenoxy) is 1. The summed E-state index contributed by atoms with van der Waals surface area (Å²) in [5.74, 6) is 2.17. The average molecular weight is 405 g/mol. The predicted molar refractivity (Wildman–Crippen MR) is 107 cm³/mol. The number of furan rings is 1. The molecule has 2 aromatic rings. The molecular weight excluding hydrogens is 376 g/mol. The second-order valence-electron chi connectivity index (χ2n) is 8.01. The largest absolute Gasteiger partial charge is 0.465 e. The predicted octanol–water partition coefficient (Wildman–Crippen LogP) is 2.99. The molecule has 0 aliphatic carbocycles. The summed E-state index contributed by atoms with van der Waals surface area (Å²) < 4.78 is 39.5. The lowest BCUT2D eigenvalue weighted by atomic mass is 10.0. The minimum absolute atomic E-state index is 0.0452. The van der Waals surface area contributed by atoms with Crippen LogP contribution in [-0.2, 0) is 21.3 Å². The number of morpholine rings is 1. The molecule has 0 N–H and O–H groups in total. The van der Waals surface area contributed by atoms with Gasteiger partial charge in [-0.25, -0.2) is 8.42 Å². The molecule has 4 rings (SSSR count). The number of hydrogen-bond acceptors (Lipinski definition) is 5. The molecule has 152 valence electrons. The molecule has 1 aromatic carbocycles. The van der Waals surface area contributed by atoms with E-state index in [1.165, 1.54) is 0 Å². The Bertz CT molecular complexity index is 920. The van der Waals surface area contributed by atoms with Crippen molar-refractivity contribution >= 4 is 10.0 Å². The molecule has 0 saturated carbocycles. The van der Waals surface area contributed by atoms with Crippen molar-refractivity contribution in [2.24, 2.45) is 0 Å². The third-order valence-corrected chi connectivity index (χ3v) is 7.57. The van der Waals surface area contributed by atoms with Crippen LogP contribution in [0.2, 0.25) is 0 Å². The van der Waals surface area contributed by atoms with Crippen LogP contribution in [0.25, 0.3) is 0 Å². The van der Waals surface area contributed by atoms with Crippen molar-refractivity contribution in [3.05, 3.63) is 53.5 Å². The van der Waals surface area contributed by atoms with E-state index in [0.717, 1.165) is 23.6 Å². The SMILES string of the molecule is Cc1ccc(CN2CCO[C@H]3CN(S(=O)(=O)c4ccc(C(C)C)cc4)C[C@H]32)o1. The van der Waals surface area contributed by atoms with Crippen LogP contribution < -0.4 is 0 Å². The number of aryl methyl sites for hydroxylation is 1. The fourth-order valence-electron chi connectivity index (χ4n) is 4.06. The van der Waals surface area contributed by atoms with Gasteiger partial charge < -0.3 is 9.15 Å². The molecule has 0 unspecified atom stereocenters. The minimum atomic E-state index is -3.53. The number of nitrogens with zero attached hydrogens (tertiary/aromatic N) is 2. The van der Waals surface area contributed by atoms with Crippen LogP contribution in [-0.4, -0.2) is 56.0 Å². The Morgan fingerprint density at radius 2 is 1.86 bits per heavy atom. The lowest BCUT2D eigenvalue weighted by molar-refractivity contribution is -0.0521. The van der Waals surface area contributed by atoms with Crippen molar-refractivity contribution in [1.29, 1.82) is 0 Å². The molecule has 6 nitrogen and oxygen atoms in total. The Hall–Kier alpha value is -1.67. The first-order valence-corrected chi connectivity index (χ1v) is 11.3. The molecule has 7 heteroatoms. The molecule has 2 aliphatic heterocycles. The zero-order chi connectivity index (χ0) is 19.9. The van der Waals surface area contributed by atoms with E-state index in [4.69, 9.17) is 9.15 Å². The first-order valence-electron chi connectivity index (χ1n) is 9.85. The quantitative estimate of drug-likeness (QED) is 0.767. The van der Waals surface area contributed by atoms with Crippen molar-refractivity contribution in [2.45, 2.75) is 50.3 Å². The van der Waals surface area contributed by atoms with Crippen molar-refractivity contribution in [3.63, 3.8) is 0 Å². The van der Waals surface area contributed by atoms with Crippen LogP contribution in [0.4, 0.5) is 0 Å². The number of hydrogen-bond donors (Lipinski definition) is 0. The van der Waals surface area contributed by atoms with Crippen molar-refractivity contribution in [3.8, 4) is 0 Å². The molecule has 3 heterocycles. The maximum absolute atomic E-state index is 13.2. The molecule has 1 aromatic heterocycles. The van der Waals surface area contributed by atoms with E-state index in [1.807, 2.05) is 31.2 Å². The van der Waals surface area contributed by atoms with Crippen molar-refractivity contribution < 1.29 is 17.6 Å². The summed E-state index contributed by atoms with van der Waals surface area (Å²) in [5, 5.41) is 0. The lowest BCUT2D eigenvalue weighted by Crippen LogP contribution is -2.50. The van der Waals surface area contributed by atoms with Gasteiger partial charge in [0.15, 0.2) is 0 Å². The number of fused-ring (bicyclic) bond motifs is 1. The second-order valence-corrected chi connectivity index (χ2v) is 9.94. The highest BCUT2D eigenvalue weighted by molar-refractivity contribution is 7.89. The van der Waals surface area contributed by atoms with Gasteiger partial charge in [0, 0.05) is 19.6 Å². The minimum Gasteiger partial charge on any atom is -0.465 e. The fraction of sp³-hybridized carbons (Fsp3) is 0.524. The zero-order valence-electron chi connectivity index (χ0n) is 16.7. The molecule has 2 atom stereocenters. The monoisotopic (exact) mass is 404 g/mol. The van der Waals surface area contributed by atoms with Crippen LogP contribution in [0.1, 0.15) is 36.8 Å². The fourth-order valence-corrected chi connectivity index (χ4v) is 5.53. The van der Waals surface area contributed by atoms with Gasteiger partial charge in [0.05, 0.1) is 30.2 Å². The highest BCUT2D eigenvalue weighted by Gasteiger charge is 2.44. The Morgan fingerprint density at radius 1 is 1.11 bits per heavy atom. The first kappa shape index (κ1) is 19.6.